The fourth-order valence-electron chi connectivity index (χ4n) is 5.92. The number of hydrogen-bond donors (Lipinski definition) is 3. The van der Waals surface area contributed by atoms with E-state index in [1.807, 2.05) is 42.9 Å². The van der Waals surface area contributed by atoms with Crippen molar-refractivity contribution in [2.45, 2.75) is 38.3 Å². The molecule has 4 aromatic rings. The monoisotopic (exact) mass is 663 g/mol. The first-order valence-corrected chi connectivity index (χ1v) is 18.7. The first-order valence-electron chi connectivity index (χ1n) is 15.4. The molecule has 1 unspecified atom stereocenters. The van der Waals surface area contributed by atoms with E-state index in [1.54, 1.807) is 0 Å². The Kier molecular flexibility index (Phi) is 11.9. The summed E-state index contributed by atoms with van der Waals surface area (Å²) in [6.45, 7) is 0.696. The summed E-state index contributed by atoms with van der Waals surface area (Å²) in [5, 5.41) is 10.1. The number of rotatable bonds is 13. The molecule has 0 spiro atoms. The minimum atomic E-state index is -3.17. The predicted molar refractivity (Wildman–Crippen MR) is 189 cm³/mol. The summed E-state index contributed by atoms with van der Waals surface area (Å²) in [6, 6.07) is 40.3. The number of nitrogens with zero attached hydrogens (tertiary/aromatic N) is 2. The number of halogens is 2. The smallest absolute Gasteiger partial charge is 0.251 e. The van der Waals surface area contributed by atoms with Gasteiger partial charge in [0.1, 0.15) is 0 Å². The molecule has 0 radical (unpaired) electrons. The Bertz CT molecular complexity index is 1460. The second kappa shape index (κ2) is 15.6. The van der Waals surface area contributed by atoms with E-state index in [1.165, 1.54) is 15.9 Å². The number of guanidine groups is 2. The third-order valence-electron chi connectivity index (χ3n) is 8.31. The molecule has 0 aliphatic carbocycles. The average molecular weight is 665 g/mol. The van der Waals surface area contributed by atoms with Crippen LogP contribution in [-0.2, 0) is 0 Å². The molecule has 0 saturated carbocycles. The van der Waals surface area contributed by atoms with E-state index in [4.69, 9.17) is 21.7 Å². The van der Waals surface area contributed by atoms with Crippen molar-refractivity contribution in [3.05, 3.63) is 121 Å². The van der Waals surface area contributed by atoms with Gasteiger partial charge in [0, 0.05) is 0 Å². The van der Waals surface area contributed by atoms with Gasteiger partial charge in [0.25, 0.3) is 5.96 Å². The van der Waals surface area contributed by atoms with Crippen LogP contribution < -0.4 is 49.4 Å². The van der Waals surface area contributed by atoms with Crippen molar-refractivity contribution in [3.63, 3.8) is 0 Å². The summed E-state index contributed by atoms with van der Waals surface area (Å²) in [6.07, 6.45) is 6.17. The van der Waals surface area contributed by atoms with Crippen LogP contribution in [0.25, 0.3) is 0 Å². The molecule has 6 nitrogen and oxygen atoms in total. The number of nitrogens with one attached hydrogen (secondary N) is 2. The van der Waals surface area contributed by atoms with Crippen LogP contribution in [0, 0.1) is 0 Å². The van der Waals surface area contributed by atoms with Crippen LogP contribution in [-0.4, -0.2) is 43.4 Å². The van der Waals surface area contributed by atoms with Gasteiger partial charge in [-0.15, -0.1) is 0 Å². The Hall–Kier alpha value is -3.57. The number of unbranched alkanes of at least 4 members (excludes halogenated alkanes) is 4. The van der Waals surface area contributed by atoms with E-state index < -0.39 is 5.96 Å². The summed E-state index contributed by atoms with van der Waals surface area (Å²) >= 11 is 8.18. The third-order valence-corrected chi connectivity index (χ3v) is 15.9. The zero-order valence-electron chi connectivity index (χ0n) is 26.1. The second-order valence-corrected chi connectivity index (χ2v) is 18.1. The van der Waals surface area contributed by atoms with Gasteiger partial charge in [-0.25, -0.2) is 5.32 Å². The first kappa shape index (κ1) is 34.3. The van der Waals surface area contributed by atoms with Crippen LogP contribution in [0.1, 0.15) is 43.8 Å². The van der Waals surface area contributed by atoms with Crippen LogP contribution >= 0.6 is 17.2 Å². The van der Waals surface area contributed by atoms with Crippen LogP contribution in [0.15, 0.2) is 120 Å². The number of hydrogen-bond acceptors (Lipinski definition) is 3. The van der Waals surface area contributed by atoms with E-state index >= 15 is 0 Å². The fraction of sp³-hybridized carbons (Fsp3) is 0.278. The second-order valence-electron chi connectivity index (χ2n) is 11.5. The molecule has 0 amide bonds. The summed E-state index contributed by atoms with van der Waals surface area (Å²) in [7, 11) is 3.90. The quantitative estimate of drug-likeness (QED) is 0.117. The van der Waals surface area contributed by atoms with Crippen LogP contribution in [0.5, 0.6) is 5.75 Å². The Morgan fingerprint density at radius 1 is 0.733 bits per heavy atom. The summed E-state index contributed by atoms with van der Waals surface area (Å²) in [5.74, 6) is -1.09. The topological polar surface area (TPSA) is 74.7 Å². The molecule has 0 fully saturated rings. The normalized spacial score (nSPS) is 15.4. The maximum atomic E-state index is 8.18. The minimum absolute atomic E-state index is 0. The Labute approximate surface area is 278 Å². The zero-order chi connectivity index (χ0) is 30.9. The summed E-state index contributed by atoms with van der Waals surface area (Å²) in [4.78, 5) is 4.47. The molecule has 0 aromatic heterocycles. The van der Waals surface area contributed by atoms with Crippen molar-refractivity contribution in [1.29, 1.82) is 0 Å². The van der Waals surface area contributed by atoms with Crippen molar-refractivity contribution in [2.24, 2.45) is 10.7 Å². The van der Waals surface area contributed by atoms with E-state index in [-0.39, 0.29) is 18.6 Å². The molecule has 4 N–H and O–H groups in total. The molecule has 0 bridgehead atoms. The summed E-state index contributed by atoms with van der Waals surface area (Å²) in [5.41, 5.74) is 7.00. The van der Waals surface area contributed by atoms with Gasteiger partial charge < -0.3 is 18.1 Å². The summed E-state index contributed by atoms with van der Waals surface area (Å²) < 4.78 is 8.00. The van der Waals surface area contributed by atoms with Gasteiger partial charge in [-0.2, -0.15) is 4.99 Å². The third kappa shape index (κ3) is 7.81. The number of benzene rings is 4. The van der Waals surface area contributed by atoms with E-state index in [9.17, 15) is 0 Å². The molecule has 1 atom stereocenters. The zero-order valence-corrected chi connectivity index (χ0v) is 28.5. The molecule has 238 valence electrons. The molecule has 1 aliphatic rings. The number of aliphatic imine (C=N–C) groups is 1. The molecule has 1 heterocycles. The van der Waals surface area contributed by atoms with Gasteiger partial charge in [0.05, 0.1) is 14.1 Å². The Morgan fingerprint density at radius 3 is 1.73 bits per heavy atom. The van der Waals surface area contributed by atoms with Gasteiger partial charge >= 0.3 is 215 Å². The predicted octanol–water partition coefficient (Wildman–Crippen LogP) is 2.84. The van der Waals surface area contributed by atoms with Crippen LogP contribution in [0.3, 0.4) is 0 Å². The van der Waals surface area contributed by atoms with Crippen molar-refractivity contribution in [2.75, 3.05) is 26.9 Å². The fourth-order valence-corrected chi connectivity index (χ4v) is 12.2. The molecule has 45 heavy (non-hydrogen) atoms. The van der Waals surface area contributed by atoms with Gasteiger partial charge in [0.15, 0.2) is 6.17 Å². The van der Waals surface area contributed by atoms with Gasteiger partial charge in [0.2, 0.25) is 0 Å². The van der Waals surface area contributed by atoms with Crippen molar-refractivity contribution in [1.82, 2.24) is 10.6 Å². The Morgan fingerprint density at radius 2 is 1.22 bits per heavy atom. The maximum Gasteiger partial charge on any atom is -0.251 e. The molecule has 4 aromatic carbocycles. The van der Waals surface area contributed by atoms with E-state index in [0.29, 0.717) is 12.6 Å². The standard InChI is InChI=1S/C36H43ClN5OP.ClH/c1-42(2)36-40-34(39-35(38)41-36)29-23-25-30(26-24-29)43-27-15-4-3-5-16-28-44(37,31-17-9-6-10-18-31,32-19-11-7-12-20-32)33-21-13-8-14-22-33;/h6-14,17-26,34H,3-5,15-16,27-28H2,1-2H3,(H3,38,39,40,41);1H. The average Bonchev–Trinajstić information content (AvgIpc) is 3.07. The maximum absolute atomic E-state index is 8.18. The van der Waals surface area contributed by atoms with E-state index in [2.05, 4.69) is 107 Å². The number of nitrogens with two attached hydrogens (primary N) is 1. The van der Waals surface area contributed by atoms with Gasteiger partial charge in [-0.05, 0) is 0 Å². The first-order chi connectivity index (χ1) is 21.4. The SMILES string of the molecule is C[N+](C)=C1NC(N)=NC(c2ccc(OCCCCCCCP(Cl)(c3ccccc3)(c3ccccc3)c3ccccc3)cc2)N1.[Cl-]. The van der Waals surface area contributed by atoms with Gasteiger partial charge in [-0.3, -0.25) is 9.89 Å². The molecular formula is C36H44Cl2N5OP. The minimum Gasteiger partial charge on any atom is -1.00 e. The van der Waals surface area contributed by atoms with Crippen LogP contribution in [0.4, 0.5) is 0 Å². The van der Waals surface area contributed by atoms with Crippen molar-refractivity contribution >= 4 is 45.0 Å². The molecule has 5 rings (SSSR count). The molecule has 9 heteroatoms. The molecule has 0 saturated heterocycles. The number of ether oxygens (including phenoxy) is 1. The van der Waals surface area contributed by atoms with Crippen molar-refractivity contribution in [3.8, 4) is 5.75 Å². The Balaban J connectivity index is 0.00000461. The van der Waals surface area contributed by atoms with Crippen LogP contribution in [0.2, 0.25) is 0 Å². The van der Waals surface area contributed by atoms with E-state index in [0.717, 1.165) is 55.5 Å². The largest absolute Gasteiger partial charge is 1.00 e. The molecule has 1 aliphatic heterocycles. The molecular weight excluding hydrogens is 620 g/mol. The van der Waals surface area contributed by atoms with Gasteiger partial charge in [-0.1, -0.05) is 0 Å². The van der Waals surface area contributed by atoms with Crippen molar-refractivity contribution < 1.29 is 21.7 Å².